The molecule has 0 saturated carbocycles. The molecule has 0 N–H and O–H groups in total. The Hall–Kier alpha value is -3.36. The summed E-state index contributed by atoms with van der Waals surface area (Å²) in [5.74, 6) is 0.857. The zero-order valence-electron chi connectivity index (χ0n) is 18.6. The molecule has 2 nitrogen and oxygen atoms in total. The van der Waals surface area contributed by atoms with Crippen LogP contribution in [0.5, 0.6) is 5.75 Å². The summed E-state index contributed by atoms with van der Waals surface area (Å²) in [5, 5.41) is 0. The minimum Gasteiger partial charge on any atom is -0.462 e. The van der Waals surface area contributed by atoms with Crippen LogP contribution in [0.3, 0.4) is 0 Å². The van der Waals surface area contributed by atoms with Gasteiger partial charge < -0.3 is 9.47 Å². The van der Waals surface area contributed by atoms with E-state index in [9.17, 15) is 0 Å². The largest absolute Gasteiger partial charge is 0.462 e. The van der Waals surface area contributed by atoms with E-state index in [-0.39, 0.29) is 12.4 Å². The molecular formula is C30H28O2. The van der Waals surface area contributed by atoms with E-state index in [1.165, 1.54) is 38.9 Å². The first-order valence-electron chi connectivity index (χ1n) is 11.3. The number of epoxide rings is 1. The summed E-state index contributed by atoms with van der Waals surface area (Å²) in [6, 6.07) is 34.4. The lowest BCUT2D eigenvalue weighted by molar-refractivity contribution is 0.178. The second-order valence-electron chi connectivity index (χ2n) is 8.66. The third-order valence-corrected chi connectivity index (χ3v) is 6.07. The van der Waals surface area contributed by atoms with Crippen LogP contribution in [0.25, 0.3) is 11.1 Å². The lowest BCUT2D eigenvalue weighted by Gasteiger charge is -2.07. The molecule has 1 saturated heterocycles. The van der Waals surface area contributed by atoms with Gasteiger partial charge in [0.25, 0.3) is 0 Å². The molecule has 4 aromatic rings. The number of hydrogen-bond donors (Lipinski definition) is 0. The lowest BCUT2D eigenvalue weighted by Crippen LogP contribution is -2.00. The summed E-state index contributed by atoms with van der Waals surface area (Å²) >= 11 is 0. The van der Waals surface area contributed by atoms with Crippen molar-refractivity contribution in [3.63, 3.8) is 0 Å². The van der Waals surface area contributed by atoms with Gasteiger partial charge in [0, 0.05) is 0 Å². The van der Waals surface area contributed by atoms with E-state index in [1.54, 1.807) is 0 Å². The molecule has 0 spiro atoms. The minimum absolute atomic E-state index is 0.0400. The first kappa shape index (κ1) is 20.5. The Morgan fingerprint density at radius 3 is 1.62 bits per heavy atom. The first-order valence-corrected chi connectivity index (χ1v) is 11.3. The zero-order valence-corrected chi connectivity index (χ0v) is 18.6. The number of hydrogen-bond acceptors (Lipinski definition) is 2. The number of aryl methyl sites for hydroxylation is 4. The normalized spacial score (nSPS) is 17.2. The van der Waals surface area contributed by atoms with E-state index in [2.05, 4.69) is 98.8 Å². The molecule has 0 aromatic heterocycles. The molecule has 160 valence electrons. The van der Waals surface area contributed by atoms with Crippen molar-refractivity contribution in [2.45, 2.75) is 39.1 Å². The van der Waals surface area contributed by atoms with Crippen molar-refractivity contribution in [2.75, 3.05) is 0 Å². The van der Waals surface area contributed by atoms with Crippen molar-refractivity contribution < 1.29 is 9.47 Å². The van der Waals surface area contributed by atoms with E-state index in [1.807, 2.05) is 12.1 Å². The second kappa shape index (κ2) is 9.02. The third kappa shape index (κ3) is 4.92. The van der Waals surface area contributed by atoms with E-state index in [0.717, 1.165) is 18.6 Å². The Morgan fingerprint density at radius 1 is 0.594 bits per heavy atom. The highest BCUT2D eigenvalue weighted by atomic mass is 16.8. The highest BCUT2D eigenvalue weighted by molar-refractivity contribution is 5.63. The second-order valence-corrected chi connectivity index (χ2v) is 8.66. The molecular weight excluding hydrogens is 392 g/mol. The Labute approximate surface area is 190 Å². The van der Waals surface area contributed by atoms with E-state index in [0.29, 0.717) is 0 Å². The fourth-order valence-corrected chi connectivity index (χ4v) is 3.95. The SMILES string of the molecule is Cc1ccc(-c2ccc(CCc3ccc(OC4OC4c4ccc(C)cc4)cc3)cc2)cc1. The lowest BCUT2D eigenvalue weighted by atomic mass is 10.00. The van der Waals surface area contributed by atoms with Gasteiger partial charge in [-0.3, -0.25) is 0 Å². The van der Waals surface area contributed by atoms with Gasteiger partial charge in [-0.15, -0.1) is 0 Å². The Kier molecular flexibility index (Phi) is 5.79. The van der Waals surface area contributed by atoms with Crippen LogP contribution in [-0.4, -0.2) is 6.29 Å². The molecule has 2 unspecified atom stereocenters. The predicted octanol–water partition coefficient (Wildman–Crippen LogP) is 7.23. The van der Waals surface area contributed by atoms with Crippen LogP contribution in [0, 0.1) is 13.8 Å². The molecule has 5 rings (SSSR count). The third-order valence-electron chi connectivity index (χ3n) is 6.07. The quantitative estimate of drug-likeness (QED) is 0.294. The summed E-state index contributed by atoms with van der Waals surface area (Å²) < 4.78 is 11.7. The molecule has 1 aliphatic heterocycles. The average Bonchev–Trinajstić information content (AvgIpc) is 3.59. The van der Waals surface area contributed by atoms with Crippen LogP contribution in [-0.2, 0) is 17.6 Å². The molecule has 32 heavy (non-hydrogen) atoms. The highest BCUT2D eigenvalue weighted by Crippen LogP contribution is 2.40. The van der Waals surface area contributed by atoms with Gasteiger partial charge >= 0.3 is 0 Å². The van der Waals surface area contributed by atoms with Crippen LogP contribution < -0.4 is 4.74 Å². The molecule has 2 atom stereocenters. The summed E-state index contributed by atoms with van der Waals surface area (Å²) in [7, 11) is 0. The molecule has 0 radical (unpaired) electrons. The topological polar surface area (TPSA) is 21.8 Å². The monoisotopic (exact) mass is 420 g/mol. The van der Waals surface area contributed by atoms with Crippen molar-refractivity contribution in [3.8, 4) is 16.9 Å². The Morgan fingerprint density at radius 2 is 1.06 bits per heavy atom. The van der Waals surface area contributed by atoms with Crippen LogP contribution in [0.2, 0.25) is 0 Å². The van der Waals surface area contributed by atoms with Crippen LogP contribution in [0.15, 0.2) is 97.1 Å². The van der Waals surface area contributed by atoms with Gasteiger partial charge in [-0.2, -0.15) is 0 Å². The standard InChI is InChI=1S/C30H28O2/c1-21-3-13-25(14-4-21)26-17-9-23(10-18-26)7-8-24-11-19-28(20-12-24)31-30-29(32-30)27-15-5-22(2)6-16-27/h3-6,9-20,29-30H,7-8H2,1-2H3. The number of benzene rings is 4. The van der Waals surface area contributed by atoms with Gasteiger partial charge in [0.2, 0.25) is 6.29 Å². The van der Waals surface area contributed by atoms with Gasteiger partial charge in [0.05, 0.1) is 0 Å². The number of ether oxygens (including phenoxy) is 2. The molecule has 1 aliphatic rings. The maximum absolute atomic E-state index is 5.98. The molecule has 2 heteroatoms. The molecule has 0 aliphatic carbocycles. The molecule has 0 bridgehead atoms. The van der Waals surface area contributed by atoms with Gasteiger partial charge in [0.1, 0.15) is 11.9 Å². The fraction of sp³-hybridized carbons (Fsp3) is 0.200. The van der Waals surface area contributed by atoms with Gasteiger partial charge in [0.15, 0.2) is 0 Å². The summed E-state index contributed by atoms with van der Waals surface area (Å²) in [6.45, 7) is 4.21. The van der Waals surface area contributed by atoms with Gasteiger partial charge in [-0.05, 0) is 66.6 Å². The van der Waals surface area contributed by atoms with Crippen molar-refractivity contribution >= 4 is 0 Å². The zero-order chi connectivity index (χ0) is 21.9. The number of rotatable bonds is 7. The van der Waals surface area contributed by atoms with Crippen molar-refractivity contribution in [1.29, 1.82) is 0 Å². The molecule has 0 amide bonds. The van der Waals surface area contributed by atoms with E-state index < -0.39 is 0 Å². The maximum Gasteiger partial charge on any atom is 0.231 e. The minimum atomic E-state index is -0.185. The van der Waals surface area contributed by atoms with Crippen LogP contribution in [0.4, 0.5) is 0 Å². The van der Waals surface area contributed by atoms with E-state index >= 15 is 0 Å². The summed E-state index contributed by atoms with van der Waals surface area (Å²) in [4.78, 5) is 0. The fourth-order valence-electron chi connectivity index (χ4n) is 3.95. The van der Waals surface area contributed by atoms with Gasteiger partial charge in [-0.1, -0.05) is 96.1 Å². The van der Waals surface area contributed by atoms with Crippen LogP contribution >= 0.6 is 0 Å². The maximum atomic E-state index is 5.98. The predicted molar refractivity (Wildman–Crippen MR) is 130 cm³/mol. The van der Waals surface area contributed by atoms with Crippen molar-refractivity contribution in [2.24, 2.45) is 0 Å². The first-order chi connectivity index (χ1) is 15.6. The van der Waals surface area contributed by atoms with Crippen LogP contribution in [0.1, 0.15) is 33.9 Å². The van der Waals surface area contributed by atoms with Crippen molar-refractivity contribution in [3.05, 3.63) is 125 Å². The van der Waals surface area contributed by atoms with Crippen molar-refractivity contribution in [1.82, 2.24) is 0 Å². The summed E-state index contributed by atoms with van der Waals surface area (Å²) in [5.41, 5.74) is 8.91. The van der Waals surface area contributed by atoms with E-state index in [4.69, 9.17) is 9.47 Å². The highest BCUT2D eigenvalue weighted by Gasteiger charge is 2.42. The summed E-state index contributed by atoms with van der Waals surface area (Å²) in [6.07, 6.45) is 1.89. The Balaban J connectivity index is 1.13. The molecule has 1 heterocycles. The molecule has 4 aromatic carbocycles. The molecule has 1 fully saturated rings. The van der Waals surface area contributed by atoms with Gasteiger partial charge in [-0.25, -0.2) is 0 Å². The smallest absolute Gasteiger partial charge is 0.231 e. The average molecular weight is 421 g/mol. The Bertz CT molecular complexity index is 1160.